The smallest absolute Gasteiger partial charge is 0.0890 e. The number of aromatic nitrogens is 2. The summed E-state index contributed by atoms with van der Waals surface area (Å²) in [5.41, 5.74) is 4.78. The largest absolute Gasteiger partial charge is 0.249 e. The Morgan fingerprint density at radius 1 is 0.786 bits per heavy atom. The summed E-state index contributed by atoms with van der Waals surface area (Å²) < 4.78 is 0. The van der Waals surface area contributed by atoms with Gasteiger partial charge in [0.05, 0.1) is 22.4 Å². The molecule has 2 fully saturated rings. The Morgan fingerprint density at radius 2 is 1.29 bits per heavy atom. The summed E-state index contributed by atoms with van der Waals surface area (Å²) in [6.07, 6.45) is 0. The molecule has 6 rings (SSSR count). The normalized spacial score (nSPS) is 39.4. The highest BCUT2D eigenvalue weighted by Gasteiger charge is 2.81. The predicted octanol–water partition coefficient (Wildman–Crippen LogP) is 2.07. The van der Waals surface area contributed by atoms with E-state index in [0.29, 0.717) is 0 Å². The zero-order chi connectivity index (χ0) is 8.86. The van der Waals surface area contributed by atoms with Crippen LogP contribution in [-0.4, -0.2) is 9.97 Å². The number of fused-ring (bicyclic) bond motifs is 1. The molecule has 2 aromatic rings. The van der Waals surface area contributed by atoms with Crippen LogP contribution in [0.1, 0.15) is 23.2 Å². The van der Waals surface area contributed by atoms with Crippen LogP contribution in [0.4, 0.5) is 0 Å². The van der Waals surface area contributed by atoms with E-state index >= 15 is 0 Å². The fourth-order valence-electron chi connectivity index (χ4n) is 3.27. The van der Waals surface area contributed by atoms with Crippen LogP contribution in [0.25, 0.3) is 11.0 Å². The summed E-state index contributed by atoms with van der Waals surface area (Å²) in [5, 5.41) is 0. The van der Waals surface area contributed by atoms with E-state index in [4.69, 9.17) is 9.97 Å². The van der Waals surface area contributed by atoms with Crippen molar-refractivity contribution in [1.29, 1.82) is 0 Å². The van der Waals surface area contributed by atoms with Gasteiger partial charge in [0, 0.05) is 11.8 Å². The van der Waals surface area contributed by atoms with Gasteiger partial charge in [-0.3, -0.25) is 0 Å². The maximum atomic E-state index is 4.74. The molecule has 0 aliphatic heterocycles. The molecule has 4 aliphatic carbocycles. The van der Waals surface area contributed by atoms with Crippen LogP contribution in [0, 0.1) is 11.8 Å². The van der Waals surface area contributed by atoms with Crippen LogP contribution >= 0.6 is 0 Å². The van der Waals surface area contributed by atoms with E-state index < -0.39 is 0 Å². The molecule has 0 atom stereocenters. The van der Waals surface area contributed by atoms with Crippen molar-refractivity contribution in [3.8, 4) is 0 Å². The van der Waals surface area contributed by atoms with Crippen LogP contribution < -0.4 is 0 Å². The Balaban J connectivity index is 1.95. The molecule has 0 radical (unpaired) electrons. The zero-order valence-corrected chi connectivity index (χ0v) is 7.51. The predicted molar refractivity (Wildman–Crippen MR) is 52.0 cm³/mol. The molecule has 2 bridgehead atoms. The zero-order valence-electron chi connectivity index (χ0n) is 7.51. The summed E-state index contributed by atoms with van der Waals surface area (Å²) in [6, 6.07) is 8.20. The second kappa shape index (κ2) is 1.58. The molecule has 0 N–H and O–H groups in total. The molecule has 2 heteroatoms. The van der Waals surface area contributed by atoms with Gasteiger partial charge in [0.1, 0.15) is 0 Å². The lowest BCUT2D eigenvalue weighted by Crippen LogP contribution is -1.91. The Hall–Kier alpha value is -1.44. The number of hydrogen-bond donors (Lipinski definition) is 0. The third-order valence-corrected chi connectivity index (χ3v) is 4.08. The van der Waals surface area contributed by atoms with Gasteiger partial charge in [-0.15, -0.1) is 0 Å². The van der Waals surface area contributed by atoms with Crippen molar-refractivity contribution in [2.75, 3.05) is 0 Å². The van der Waals surface area contributed by atoms with Crippen molar-refractivity contribution in [2.24, 2.45) is 11.8 Å². The van der Waals surface area contributed by atoms with Crippen molar-refractivity contribution >= 4 is 11.0 Å². The standard InChI is InChI=1S/C12H8N2/c1-2-4-6-5(3-1)13-11-9-7-8(9)10(7)12(11)14-6/h1-4,7-10H. The second-order valence-corrected chi connectivity index (χ2v) is 4.69. The van der Waals surface area contributed by atoms with Crippen molar-refractivity contribution in [3.63, 3.8) is 0 Å². The fourth-order valence-corrected chi connectivity index (χ4v) is 3.27. The first-order chi connectivity index (χ1) is 6.95. The van der Waals surface area contributed by atoms with E-state index in [9.17, 15) is 0 Å². The second-order valence-electron chi connectivity index (χ2n) is 4.69. The molecule has 1 aromatic carbocycles. The number of nitrogens with zero attached hydrogens (tertiary/aromatic N) is 2. The average Bonchev–Trinajstić information content (AvgIpc) is 3.05. The molecule has 66 valence electrons. The van der Waals surface area contributed by atoms with Gasteiger partial charge < -0.3 is 0 Å². The van der Waals surface area contributed by atoms with Gasteiger partial charge in [0.2, 0.25) is 0 Å². The molecular formula is C12H8N2. The number of para-hydroxylation sites is 2. The number of rotatable bonds is 0. The Labute approximate surface area is 81.0 Å². The Morgan fingerprint density at radius 3 is 1.79 bits per heavy atom. The summed E-state index contributed by atoms with van der Waals surface area (Å²) in [4.78, 5) is 9.47. The van der Waals surface area contributed by atoms with E-state index in [0.717, 1.165) is 34.7 Å². The molecule has 1 aromatic heterocycles. The van der Waals surface area contributed by atoms with Gasteiger partial charge in [-0.1, -0.05) is 12.1 Å². The number of benzene rings is 1. The first-order valence-electron chi connectivity index (χ1n) is 5.22. The van der Waals surface area contributed by atoms with E-state index in [2.05, 4.69) is 12.1 Å². The van der Waals surface area contributed by atoms with E-state index in [1.165, 1.54) is 11.4 Å². The van der Waals surface area contributed by atoms with E-state index in [1.807, 2.05) is 12.1 Å². The first-order valence-corrected chi connectivity index (χ1v) is 5.22. The van der Waals surface area contributed by atoms with Crippen LogP contribution in [0.2, 0.25) is 0 Å². The van der Waals surface area contributed by atoms with Gasteiger partial charge in [-0.25, -0.2) is 9.97 Å². The molecule has 4 aliphatic rings. The minimum absolute atomic E-state index is 0.812. The van der Waals surface area contributed by atoms with Gasteiger partial charge in [-0.2, -0.15) is 0 Å². The summed E-state index contributed by atoms with van der Waals surface area (Å²) >= 11 is 0. The maximum absolute atomic E-state index is 4.74. The van der Waals surface area contributed by atoms with Crippen LogP contribution in [0.3, 0.4) is 0 Å². The molecule has 0 spiro atoms. The van der Waals surface area contributed by atoms with Gasteiger partial charge in [-0.05, 0) is 24.0 Å². The molecule has 0 amide bonds. The quantitative estimate of drug-likeness (QED) is 0.620. The van der Waals surface area contributed by atoms with Gasteiger partial charge in [0.15, 0.2) is 0 Å². The van der Waals surface area contributed by atoms with E-state index in [1.54, 1.807) is 0 Å². The van der Waals surface area contributed by atoms with Crippen LogP contribution in [0.15, 0.2) is 24.3 Å². The SMILES string of the molecule is c1ccc2nc3c(nc2c1)C1C2C3C12. The summed E-state index contributed by atoms with van der Waals surface area (Å²) in [7, 11) is 0. The molecule has 1 heterocycles. The fraction of sp³-hybridized carbons (Fsp3) is 0.333. The molecule has 2 nitrogen and oxygen atoms in total. The first kappa shape index (κ1) is 6.12. The highest BCUT2D eigenvalue weighted by atomic mass is 15.0. The van der Waals surface area contributed by atoms with Gasteiger partial charge >= 0.3 is 0 Å². The van der Waals surface area contributed by atoms with E-state index in [-0.39, 0.29) is 0 Å². The highest BCUT2D eigenvalue weighted by molar-refractivity contribution is 5.76. The topological polar surface area (TPSA) is 25.8 Å². The third kappa shape index (κ3) is 0.465. The average molecular weight is 180 g/mol. The van der Waals surface area contributed by atoms with Crippen molar-refractivity contribution in [3.05, 3.63) is 35.7 Å². The monoisotopic (exact) mass is 180 g/mol. The summed E-state index contributed by atoms with van der Waals surface area (Å²) in [6.45, 7) is 0. The molecule has 14 heavy (non-hydrogen) atoms. The lowest BCUT2D eigenvalue weighted by Gasteiger charge is -1.99. The Bertz CT molecular complexity index is 529. The van der Waals surface area contributed by atoms with Crippen molar-refractivity contribution in [1.82, 2.24) is 9.97 Å². The number of hydrogen-bond acceptors (Lipinski definition) is 2. The molecular weight excluding hydrogens is 172 g/mol. The lowest BCUT2D eigenvalue weighted by atomic mass is 10.2. The lowest BCUT2D eigenvalue weighted by molar-refractivity contribution is 0.759. The maximum Gasteiger partial charge on any atom is 0.0890 e. The van der Waals surface area contributed by atoms with Gasteiger partial charge in [0.25, 0.3) is 0 Å². The minimum Gasteiger partial charge on any atom is -0.249 e. The van der Waals surface area contributed by atoms with Crippen LogP contribution in [-0.2, 0) is 0 Å². The molecule has 0 unspecified atom stereocenters. The molecule has 0 saturated heterocycles. The minimum atomic E-state index is 0.812. The van der Waals surface area contributed by atoms with Crippen molar-refractivity contribution < 1.29 is 0 Å². The summed E-state index contributed by atoms with van der Waals surface area (Å²) in [5.74, 6) is 3.54. The Kier molecular flexibility index (Phi) is 0.691. The highest BCUT2D eigenvalue weighted by Crippen LogP contribution is 2.87. The van der Waals surface area contributed by atoms with Crippen molar-refractivity contribution in [2.45, 2.75) is 11.8 Å². The third-order valence-electron chi connectivity index (χ3n) is 4.08. The molecule has 2 saturated carbocycles. The van der Waals surface area contributed by atoms with Crippen LogP contribution in [0.5, 0.6) is 0 Å².